The summed E-state index contributed by atoms with van der Waals surface area (Å²) in [5.74, 6) is 2.65. The van der Waals surface area contributed by atoms with Gasteiger partial charge in [-0.15, -0.1) is 0 Å². The van der Waals surface area contributed by atoms with E-state index in [-0.39, 0.29) is 6.04 Å². The van der Waals surface area contributed by atoms with Gasteiger partial charge >= 0.3 is 0 Å². The number of furan rings is 1. The predicted octanol–water partition coefficient (Wildman–Crippen LogP) is 3.10. The molecule has 108 valence electrons. The molecule has 0 radical (unpaired) electrons. The van der Waals surface area contributed by atoms with Gasteiger partial charge in [-0.1, -0.05) is 6.92 Å². The van der Waals surface area contributed by atoms with E-state index >= 15 is 0 Å². The van der Waals surface area contributed by atoms with Crippen LogP contribution in [-0.2, 0) is 12.8 Å². The second kappa shape index (κ2) is 6.09. The fourth-order valence-electron chi connectivity index (χ4n) is 2.37. The first-order valence-electron chi connectivity index (χ1n) is 6.90. The highest BCUT2D eigenvalue weighted by Crippen LogP contribution is 2.27. The lowest BCUT2D eigenvalue weighted by molar-refractivity contribution is 0.405. The van der Waals surface area contributed by atoms with Crippen LogP contribution in [0.3, 0.4) is 0 Å². The van der Waals surface area contributed by atoms with E-state index in [1.54, 1.807) is 7.11 Å². The smallest absolute Gasteiger partial charge is 0.128 e. The van der Waals surface area contributed by atoms with E-state index in [4.69, 9.17) is 14.9 Å². The number of ether oxygens (including phenoxy) is 1. The molecule has 0 aliphatic rings. The lowest BCUT2D eigenvalue weighted by Crippen LogP contribution is -2.14. The molecule has 0 aliphatic carbocycles. The minimum atomic E-state index is -0.186. The minimum Gasteiger partial charge on any atom is -0.496 e. The van der Waals surface area contributed by atoms with Crippen molar-refractivity contribution in [3.8, 4) is 5.75 Å². The number of hydrogen-bond donors (Lipinski definition) is 1. The van der Waals surface area contributed by atoms with E-state index in [2.05, 4.69) is 11.9 Å². The number of aromatic nitrogens is 1. The van der Waals surface area contributed by atoms with Gasteiger partial charge in [-0.05, 0) is 26.0 Å². The molecule has 1 atom stereocenters. The molecule has 1 unspecified atom stereocenters. The Morgan fingerprint density at radius 1 is 1.35 bits per heavy atom. The van der Waals surface area contributed by atoms with Crippen molar-refractivity contribution in [1.82, 2.24) is 4.98 Å². The molecule has 2 aromatic rings. The molecule has 2 aromatic heterocycles. The van der Waals surface area contributed by atoms with Gasteiger partial charge in [0.05, 0.1) is 13.2 Å². The molecule has 0 bridgehead atoms. The van der Waals surface area contributed by atoms with Crippen LogP contribution in [-0.4, -0.2) is 12.1 Å². The van der Waals surface area contributed by atoms with Crippen LogP contribution in [0.2, 0.25) is 0 Å². The minimum absolute atomic E-state index is 0.186. The molecule has 20 heavy (non-hydrogen) atoms. The van der Waals surface area contributed by atoms with Gasteiger partial charge in [0.2, 0.25) is 0 Å². The largest absolute Gasteiger partial charge is 0.496 e. The summed E-state index contributed by atoms with van der Waals surface area (Å²) >= 11 is 0. The first-order chi connectivity index (χ1) is 9.56. The Bertz CT molecular complexity index is 590. The summed E-state index contributed by atoms with van der Waals surface area (Å²) in [6.07, 6.45) is 3.34. The molecule has 0 amide bonds. The van der Waals surface area contributed by atoms with Crippen molar-refractivity contribution >= 4 is 0 Å². The highest BCUT2D eigenvalue weighted by Gasteiger charge is 2.16. The third-order valence-corrected chi connectivity index (χ3v) is 3.56. The van der Waals surface area contributed by atoms with Crippen molar-refractivity contribution in [3.05, 3.63) is 46.7 Å². The summed E-state index contributed by atoms with van der Waals surface area (Å²) in [6, 6.07) is 3.74. The fraction of sp³-hybridized carbons (Fsp3) is 0.438. The number of rotatable bonds is 5. The first kappa shape index (κ1) is 14.6. The molecule has 4 heteroatoms. The highest BCUT2D eigenvalue weighted by atomic mass is 16.5. The van der Waals surface area contributed by atoms with E-state index < -0.39 is 0 Å². The SMILES string of the molecule is CCc1ccc(C(N)Cc2ncc(C)c(OC)c2C)o1. The molecule has 0 aliphatic heterocycles. The molecule has 0 aromatic carbocycles. The van der Waals surface area contributed by atoms with Gasteiger partial charge in [-0.2, -0.15) is 0 Å². The molecule has 0 saturated heterocycles. The molecule has 2 rings (SSSR count). The quantitative estimate of drug-likeness (QED) is 0.910. The van der Waals surface area contributed by atoms with Crippen LogP contribution in [0.1, 0.15) is 41.3 Å². The summed E-state index contributed by atoms with van der Waals surface area (Å²) in [6.45, 7) is 6.06. The fourth-order valence-corrected chi connectivity index (χ4v) is 2.37. The summed E-state index contributed by atoms with van der Waals surface area (Å²) in [5, 5.41) is 0. The van der Waals surface area contributed by atoms with Crippen LogP contribution >= 0.6 is 0 Å². The molecular formula is C16H22N2O2. The molecule has 0 spiro atoms. The maximum absolute atomic E-state index is 6.22. The van der Waals surface area contributed by atoms with Crippen molar-refractivity contribution in [3.63, 3.8) is 0 Å². The number of aryl methyl sites for hydroxylation is 2. The summed E-state index contributed by atoms with van der Waals surface area (Å²) in [5.41, 5.74) is 9.25. The van der Waals surface area contributed by atoms with Gasteiger partial charge < -0.3 is 14.9 Å². The third kappa shape index (κ3) is 2.85. The lowest BCUT2D eigenvalue weighted by atomic mass is 10.0. The van der Waals surface area contributed by atoms with Crippen molar-refractivity contribution in [1.29, 1.82) is 0 Å². The van der Waals surface area contributed by atoms with Gasteiger partial charge in [-0.25, -0.2) is 0 Å². The average Bonchev–Trinajstić information content (AvgIpc) is 2.91. The van der Waals surface area contributed by atoms with E-state index in [1.165, 1.54) is 0 Å². The predicted molar refractivity (Wildman–Crippen MR) is 79.0 cm³/mol. The Morgan fingerprint density at radius 2 is 2.10 bits per heavy atom. The zero-order valence-electron chi connectivity index (χ0n) is 12.6. The zero-order valence-corrected chi connectivity index (χ0v) is 12.6. The standard InChI is InChI=1S/C16H22N2O2/c1-5-12-6-7-15(20-12)13(17)8-14-11(3)16(19-4)10(2)9-18-14/h6-7,9,13H,5,8,17H2,1-4H3. The summed E-state index contributed by atoms with van der Waals surface area (Å²) < 4.78 is 11.1. The first-order valence-corrected chi connectivity index (χ1v) is 6.90. The van der Waals surface area contributed by atoms with Crippen molar-refractivity contribution < 1.29 is 9.15 Å². The summed E-state index contributed by atoms with van der Waals surface area (Å²) in [7, 11) is 1.68. The van der Waals surface area contributed by atoms with Crippen molar-refractivity contribution in [2.24, 2.45) is 5.73 Å². The second-order valence-electron chi connectivity index (χ2n) is 5.01. The lowest BCUT2D eigenvalue weighted by Gasteiger charge is -2.14. The van der Waals surface area contributed by atoms with E-state index in [1.807, 2.05) is 32.2 Å². The van der Waals surface area contributed by atoms with Gasteiger partial charge in [0.1, 0.15) is 17.3 Å². The summed E-state index contributed by atoms with van der Waals surface area (Å²) in [4.78, 5) is 4.48. The van der Waals surface area contributed by atoms with Crippen molar-refractivity contribution in [2.75, 3.05) is 7.11 Å². The number of pyridine rings is 1. The van der Waals surface area contributed by atoms with E-state index in [9.17, 15) is 0 Å². The third-order valence-electron chi connectivity index (χ3n) is 3.56. The van der Waals surface area contributed by atoms with Gasteiger partial charge in [0, 0.05) is 35.9 Å². The van der Waals surface area contributed by atoms with Gasteiger partial charge in [0.15, 0.2) is 0 Å². The Hall–Kier alpha value is -1.81. The van der Waals surface area contributed by atoms with Gasteiger partial charge in [0.25, 0.3) is 0 Å². The molecule has 0 saturated carbocycles. The molecular weight excluding hydrogens is 252 g/mol. The van der Waals surface area contributed by atoms with Crippen LogP contribution in [0, 0.1) is 13.8 Å². The van der Waals surface area contributed by atoms with Gasteiger partial charge in [-0.3, -0.25) is 4.98 Å². The van der Waals surface area contributed by atoms with Crippen LogP contribution in [0.5, 0.6) is 5.75 Å². The number of hydrogen-bond acceptors (Lipinski definition) is 4. The Labute approximate surface area is 120 Å². The maximum Gasteiger partial charge on any atom is 0.128 e. The average molecular weight is 274 g/mol. The van der Waals surface area contributed by atoms with E-state index in [0.29, 0.717) is 6.42 Å². The number of nitrogens with zero attached hydrogens (tertiary/aromatic N) is 1. The maximum atomic E-state index is 6.22. The van der Waals surface area contributed by atoms with Crippen LogP contribution in [0.15, 0.2) is 22.7 Å². The molecule has 2 heterocycles. The monoisotopic (exact) mass is 274 g/mol. The Morgan fingerprint density at radius 3 is 2.70 bits per heavy atom. The number of nitrogens with two attached hydrogens (primary N) is 1. The Kier molecular flexibility index (Phi) is 4.45. The second-order valence-corrected chi connectivity index (χ2v) is 5.01. The normalized spacial score (nSPS) is 12.4. The highest BCUT2D eigenvalue weighted by molar-refractivity contribution is 5.41. The van der Waals surface area contributed by atoms with Crippen LogP contribution in [0.25, 0.3) is 0 Å². The Balaban J connectivity index is 2.21. The zero-order chi connectivity index (χ0) is 14.7. The number of methoxy groups -OCH3 is 1. The van der Waals surface area contributed by atoms with E-state index in [0.717, 1.165) is 40.5 Å². The van der Waals surface area contributed by atoms with Crippen LogP contribution in [0.4, 0.5) is 0 Å². The molecule has 4 nitrogen and oxygen atoms in total. The van der Waals surface area contributed by atoms with Crippen molar-refractivity contribution in [2.45, 2.75) is 39.7 Å². The molecule has 2 N–H and O–H groups in total. The molecule has 0 fully saturated rings. The van der Waals surface area contributed by atoms with Crippen LogP contribution < -0.4 is 10.5 Å². The topological polar surface area (TPSA) is 61.3 Å².